The summed E-state index contributed by atoms with van der Waals surface area (Å²) >= 11 is 6.11. The fraction of sp³-hybridized carbons (Fsp3) is 0.562. The van der Waals surface area contributed by atoms with Gasteiger partial charge < -0.3 is 19.3 Å². The van der Waals surface area contributed by atoms with Crippen LogP contribution < -0.4 is 9.64 Å². The summed E-state index contributed by atoms with van der Waals surface area (Å²) in [5, 5.41) is 0.643. The van der Waals surface area contributed by atoms with Crippen LogP contribution in [-0.4, -0.2) is 49.9 Å². The number of hydrogen-bond acceptors (Lipinski definition) is 4. The Kier molecular flexibility index (Phi) is 5.06. The number of piperazine rings is 1. The minimum absolute atomic E-state index is 0.254. The summed E-state index contributed by atoms with van der Waals surface area (Å²) in [4.78, 5) is 16.0. The summed E-state index contributed by atoms with van der Waals surface area (Å²) in [6.07, 6.45) is -0.254. The lowest BCUT2D eigenvalue weighted by molar-refractivity contribution is 0.0240. The van der Waals surface area contributed by atoms with Crippen molar-refractivity contribution in [1.29, 1.82) is 0 Å². The Morgan fingerprint density at radius 3 is 2.32 bits per heavy atom. The smallest absolute Gasteiger partial charge is 0.410 e. The Bertz CT molecular complexity index is 535. The van der Waals surface area contributed by atoms with Crippen LogP contribution in [0.5, 0.6) is 5.75 Å². The number of anilines is 1. The van der Waals surface area contributed by atoms with Gasteiger partial charge in [-0.1, -0.05) is 11.6 Å². The molecule has 1 heterocycles. The topological polar surface area (TPSA) is 42.0 Å². The third kappa shape index (κ3) is 4.44. The number of halogens is 1. The van der Waals surface area contributed by atoms with Gasteiger partial charge in [0.05, 0.1) is 7.11 Å². The first-order chi connectivity index (χ1) is 10.3. The molecule has 1 amide bonds. The van der Waals surface area contributed by atoms with Gasteiger partial charge in [-0.3, -0.25) is 0 Å². The summed E-state index contributed by atoms with van der Waals surface area (Å²) in [5.41, 5.74) is 0.544. The predicted octanol–water partition coefficient (Wildman–Crippen LogP) is 3.41. The Hall–Kier alpha value is -1.62. The molecule has 1 aromatic rings. The second-order valence-corrected chi connectivity index (χ2v) is 6.74. The molecule has 0 saturated carbocycles. The van der Waals surface area contributed by atoms with Gasteiger partial charge in [-0.05, 0) is 32.9 Å². The molecule has 0 aliphatic carbocycles. The van der Waals surface area contributed by atoms with Crippen LogP contribution in [0.3, 0.4) is 0 Å². The van der Waals surface area contributed by atoms with E-state index >= 15 is 0 Å². The van der Waals surface area contributed by atoms with Gasteiger partial charge in [-0.2, -0.15) is 0 Å². The van der Waals surface area contributed by atoms with Crippen LogP contribution >= 0.6 is 11.6 Å². The zero-order valence-corrected chi connectivity index (χ0v) is 14.3. The molecular weight excluding hydrogens is 304 g/mol. The van der Waals surface area contributed by atoms with Crippen LogP contribution in [0.1, 0.15) is 20.8 Å². The first-order valence-corrected chi connectivity index (χ1v) is 7.74. The average Bonchev–Trinajstić information content (AvgIpc) is 2.45. The van der Waals surface area contributed by atoms with Crippen molar-refractivity contribution in [2.45, 2.75) is 26.4 Å². The van der Waals surface area contributed by atoms with E-state index < -0.39 is 5.60 Å². The summed E-state index contributed by atoms with van der Waals surface area (Å²) in [6, 6.07) is 5.64. The molecule has 0 atom stereocenters. The van der Waals surface area contributed by atoms with Crippen LogP contribution in [-0.2, 0) is 4.74 Å². The van der Waals surface area contributed by atoms with Crippen LogP contribution in [0, 0.1) is 0 Å². The highest BCUT2D eigenvalue weighted by Crippen LogP contribution is 2.27. The van der Waals surface area contributed by atoms with Gasteiger partial charge >= 0.3 is 6.09 Å². The van der Waals surface area contributed by atoms with E-state index in [2.05, 4.69) is 4.90 Å². The van der Waals surface area contributed by atoms with Crippen LogP contribution in [0.4, 0.5) is 10.5 Å². The van der Waals surface area contributed by atoms with Gasteiger partial charge in [0.1, 0.15) is 11.4 Å². The number of nitrogens with zero attached hydrogens (tertiary/aromatic N) is 2. The van der Waals surface area contributed by atoms with E-state index in [4.69, 9.17) is 21.1 Å². The second-order valence-electron chi connectivity index (χ2n) is 6.30. The van der Waals surface area contributed by atoms with Crippen molar-refractivity contribution in [2.24, 2.45) is 0 Å². The highest BCUT2D eigenvalue weighted by molar-refractivity contribution is 6.31. The molecule has 1 aliphatic rings. The third-order valence-corrected chi connectivity index (χ3v) is 3.61. The average molecular weight is 327 g/mol. The fourth-order valence-corrected chi connectivity index (χ4v) is 2.54. The maximum Gasteiger partial charge on any atom is 0.410 e. The molecule has 0 spiro atoms. The Morgan fingerprint density at radius 2 is 1.77 bits per heavy atom. The zero-order chi connectivity index (χ0) is 16.3. The largest absolute Gasteiger partial charge is 0.497 e. The van der Waals surface area contributed by atoms with Gasteiger partial charge in [0.2, 0.25) is 0 Å². The quantitative estimate of drug-likeness (QED) is 0.835. The molecule has 0 radical (unpaired) electrons. The lowest BCUT2D eigenvalue weighted by Crippen LogP contribution is -2.50. The zero-order valence-electron chi connectivity index (χ0n) is 13.6. The number of amides is 1. The second kappa shape index (κ2) is 6.65. The van der Waals surface area contributed by atoms with E-state index in [1.807, 2.05) is 32.9 Å². The molecular formula is C16H23ClN2O3. The molecule has 122 valence electrons. The molecule has 1 fully saturated rings. The Balaban J connectivity index is 1.97. The highest BCUT2D eigenvalue weighted by Gasteiger charge is 2.26. The molecule has 6 heteroatoms. The molecule has 1 aromatic carbocycles. The van der Waals surface area contributed by atoms with Crippen molar-refractivity contribution >= 4 is 23.4 Å². The van der Waals surface area contributed by atoms with Gasteiger partial charge in [0.15, 0.2) is 0 Å². The van der Waals surface area contributed by atoms with E-state index in [0.29, 0.717) is 18.1 Å². The molecule has 1 aliphatic heterocycles. The maximum absolute atomic E-state index is 12.1. The van der Waals surface area contributed by atoms with Crippen LogP contribution in [0.25, 0.3) is 0 Å². The SMILES string of the molecule is COc1cc(Cl)cc(N2CCN(C(=O)OC(C)(C)C)CC2)c1. The van der Waals surface area contributed by atoms with Gasteiger partial charge in [0, 0.05) is 43.0 Å². The van der Waals surface area contributed by atoms with Crippen LogP contribution in [0.15, 0.2) is 18.2 Å². The lowest BCUT2D eigenvalue weighted by atomic mass is 10.2. The minimum atomic E-state index is -0.464. The van der Waals surface area contributed by atoms with E-state index in [-0.39, 0.29) is 6.09 Å². The molecule has 2 rings (SSSR count). The van der Waals surface area contributed by atoms with E-state index in [1.54, 1.807) is 18.1 Å². The number of rotatable bonds is 2. The van der Waals surface area contributed by atoms with Crippen molar-refractivity contribution in [3.05, 3.63) is 23.2 Å². The Morgan fingerprint density at radius 1 is 1.14 bits per heavy atom. The molecule has 0 bridgehead atoms. The normalized spacial score (nSPS) is 15.7. The first kappa shape index (κ1) is 16.7. The highest BCUT2D eigenvalue weighted by atomic mass is 35.5. The minimum Gasteiger partial charge on any atom is -0.497 e. The summed E-state index contributed by atoms with van der Waals surface area (Å²) in [7, 11) is 1.62. The summed E-state index contributed by atoms with van der Waals surface area (Å²) in [6.45, 7) is 8.36. The van der Waals surface area contributed by atoms with Crippen molar-refractivity contribution in [1.82, 2.24) is 4.90 Å². The van der Waals surface area contributed by atoms with Crippen molar-refractivity contribution < 1.29 is 14.3 Å². The molecule has 22 heavy (non-hydrogen) atoms. The molecule has 5 nitrogen and oxygen atoms in total. The number of hydrogen-bond donors (Lipinski definition) is 0. The standard InChI is InChI=1S/C16H23ClN2O3/c1-16(2,3)22-15(20)19-7-5-18(6-8-19)13-9-12(17)10-14(11-13)21-4/h9-11H,5-8H2,1-4H3. The number of ether oxygens (including phenoxy) is 2. The monoisotopic (exact) mass is 326 g/mol. The number of benzene rings is 1. The predicted molar refractivity (Wildman–Crippen MR) is 88.0 cm³/mol. The van der Waals surface area contributed by atoms with Gasteiger partial charge in [-0.25, -0.2) is 4.79 Å². The summed E-state index contributed by atoms with van der Waals surface area (Å²) in [5.74, 6) is 0.733. The van der Waals surface area contributed by atoms with Crippen molar-refractivity contribution in [3.63, 3.8) is 0 Å². The van der Waals surface area contributed by atoms with E-state index in [0.717, 1.165) is 24.5 Å². The van der Waals surface area contributed by atoms with Gasteiger partial charge in [0.25, 0.3) is 0 Å². The molecule has 0 N–H and O–H groups in total. The molecule has 0 aromatic heterocycles. The van der Waals surface area contributed by atoms with Crippen molar-refractivity contribution in [2.75, 3.05) is 38.2 Å². The third-order valence-electron chi connectivity index (χ3n) is 3.39. The van der Waals surface area contributed by atoms with E-state index in [1.165, 1.54) is 0 Å². The van der Waals surface area contributed by atoms with Crippen LogP contribution in [0.2, 0.25) is 5.02 Å². The van der Waals surface area contributed by atoms with E-state index in [9.17, 15) is 4.79 Å². The number of carbonyl (C=O) groups is 1. The summed E-state index contributed by atoms with van der Waals surface area (Å²) < 4.78 is 10.6. The molecule has 1 saturated heterocycles. The molecule has 0 unspecified atom stereocenters. The Labute approximate surface area is 136 Å². The fourth-order valence-electron chi connectivity index (χ4n) is 2.32. The van der Waals surface area contributed by atoms with Gasteiger partial charge in [-0.15, -0.1) is 0 Å². The number of methoxy groups -OCH3 is 1. The lowest BCUT2D eigenvalue weighted by Gasteiger charge is -2.36. The maximum atomic E-state index is 12.1. The first-order valence-electron chi connectivity index (χ1n) is 7.36. The van der Waals surface area contributed by atoms with Crippen molar-refractivity contribution in [3.8, 4) is 5.75 Å². The number of carbonyl (C=O) groups excluding carboxylic acids is 1.